The van der Waals surface area contributed by atoms with Crippen LogP contribution >= 0.6 is 24.0 Å². The molecule has 1 aliphatic heterocycles. The van der Waals surface area contributed by atoms with Gasteiger partial charge in [0, 0.05) is 32.1 Å². The average Bonchev–Trinajstić information content (AvgIpc) is 3.43. The number of hydrogen-bond donors (Lipinski definition) is 1. The molecule has 2 fully saturated rings. The number of esters is 1. The van der Waals surface area contributed by atoms with Crippen LogP contribution in [0.5, 0.6) is 0 Å². The lowest BCUT2D eigenvalue weighted by Crippen LogP contribution is -2.48. The van der Waals surface area contributed by atoms with Crippen molar-refractivity contribution in [1.29, 1.82) is 0 Å². The minimum absolute atomic E-state index is 0. The van der Waals surface area contributed by atoms with Crippen LogP contribution < -0.4 is 5.32 Å². The number of rotatable bonds is 4. The second-order valence-corrected chi connectivity index (χ2v) is 6.98. The van der Waals surface area contributed by atoms with Gasteiger partial charge in [-0.3, -0.25) is 9.79 Å². The van der Waals surface area contributed by atoms with Crippen LogP contribution in [0.25, 0.3) is 0 Å². The molecule has 144 valence electrons. The molecule has 0 aromatic heterocycles. The molecule has 1 aromatic carbocycles. The Morgan fingerprint density at radius 1 is 1.38 bits per heavy atom. The molecule has 0 spiro atoms. The highest BCUT2D eigenvalue weighted by Gasteiger charge is 2.44. The summed E-state index contributed by atoms with van der Waals surface area (Å²) >= 11 is 0. The molecular formula is C19H27FIN3O2. The fraction of sp³-hybridized carbons (Fsp3) is 0.579. The van der Waals surface area contributed by atoms with Gasteiger partial charge in [0.2, 0.25) is 0 Å². The second-order valence-electron chi connectivity index (χ2n) is 6.98. The highest BCUT2D eigenvalue weighted by molar-refractivity contribution is 14.0. The van der Waals surface area contributed by atoms with E-state index < -0.39 is 0 Å². The first-order valence-corrected chi connectivity index (χ1v) is 8.87. The Bertz CT molecular complexity index is 656. The Kier molecular flexibility index (Phi) is 7.25. The molecule has 1 saturated heterocycles. The summed E-state index contributed by atoms with van der Waals surface area (Å²) in [4.78, 5) is 18.2. The van der Waals surface area contributed by atoms with E-state index in [4.69, 9.17) is 4.74 Å². The predicted molar refractivity (Wildman–Crippen MR) is 110 cm³/mol. The van der Waals surface area contributed by atoms with Gasteiger partial charge in [-0.1, -0.05) is 12.1 Å². The zero-order valence-corrected chi connectivity index (χ0v) is 17.7. The van der Waals surface area contributed by atoms with Crippen molar-refractivity contribution in [3.63, 3.8) is 0 Å². The van der Waals surface area contributed by atoms with Gasteiger partial charge in [0.05, 0.1) is 13.0 Å². The standard InChI is InChI=1S/C19H26FN3O2.HI/c1-21-18(23-10-6-14(7-11-23)17(24)25-2)22-13-19(8-9-19)15-4-3-5-16(20)12-15;/h3-5,12,14H,6-11,13H2,1-2H3,(H,21,22);1H. The molecule has 3 rings (SSSR count). The first-order chi connectivity index (χ1) is 12.1. The number of methoxy groups -OCH3 is 1. The molecule has 7 heteroatoms. The summed E-state index contributed by atoms with van der Waals surface area (Å²) in [5.74, 6) is 0.538. The van der Waals surface area contributed by atoms with E-state index in [1.54, 1.807) is 19.2 Å². The van der Waals surface area contributed by atoms with E-state index in [1.807, 2.05) is 6.07 Å². The number of likely N-dealkylation sites (tertiary alicyclic amines) is 1. The van der Waals surface area contributed by atoms with Gasteiger partial charge >= 0.3 is 5.97 Å². The highest BCUT2D eigenvalue weighted by Crippen LogP contribution is 2.47. The molecule has 2 aliphatic rings. The topological polar surface area (TPSA) is 53.9 Å². The summed E-state index contributed by atoms with van der Waals surface area (Å²) in [5.41, 5.74) is 1.07. The molecule has 1 heterocycles. The molecule has 0 bridgehead atoms. The summed E-state index contributed by atoms with van der Waals surface area (Å²) in [7, 11) is 3.22. The molecular weight excluding hydrogens is 448 g/mol. The van der Waals surface area contributed by atoms with E-state index in [9.17, 15) is 9.18 Å². The Balaban J connectivity index is 0.00000243. The van der Waals surface area contributed by atoms with Gasteiger partial charge in [-0.15, -0.1) is 24.0 Å². The smallest absolute Gasteiger partial charge is 0.308 e. The van der Waals surface area contributed by atoms with Crippen molar-refractivity contribution in [3.8, 4) is 0 Å². The average molecular weight is 475 g/mol. The van der Waals surface area contributed by atoms with Crippen molar-refractivity contribution in [2.24, 2.45) is 10.9 Å². The summed E-state index contributed by atoms with van der Waals surface area (Å²) in [5, 5.41) is 3.46. The third-order valence-corrected chi connectivity index (χ3v) is 5.42. The number of aliphatic imine (C=N–C) groups is 1. The van der Waals surface area contributed by atoms with Gasteiger partial charge in [0.15, 0.2) is 5.96 Å². The monoisotopic (exact) mass is 475 g/mol. The SMILES string of the molecule is CN=C(NCC1(c2cccc(F)c2)CC1)N1CCC(C(=O)OC)CC1.I. The van der Waals surface area contributed by atoms with Crippen LogP contribution in [0.15, 0.2) is 29.3 Å². The Morgan fingerprint density at radius 3 is 2.62 bits per heavy atom. The number of piperidine rings is 1. The maximum absolute atomic E-state index is 13.5. The van der Waals surface area contributed by atoms with Crippen molar-refractivity contribution < 1.29 is 13.9 Å². The third-order valence-electron chi connectivity index (χ3n) is 5.42. The van der Waals surface area contributed by atoms with Crippen LogP contribution in [0, 0.1) is 11.7 Å². The van der Waals surface area contributed by atoms with Crippen LogP contribution in [0.3, 0.4) is 0 Å². The number of carbonyl (C=O) groups excluding carboxylic acids is 1. The normalized spacial score (nSPS) is 19.5. The summed E-state index contributed by atoms with van der Waals surface area (Å²) in [6.07, 6.45) is 3.68. The van der Waals surface area contributed by atoms with Crippen LogP contribution in [0.1, 0.15) is 31.2 Å². The number of halogens is 2. The number of nitrogens with one attached hydrogen (secondary N) is 1. The molecule has 1 N–H and O–H groups in total. The number of nitrogens with zero attached hydrogens (tertiary/aromatic N) is 2. The molecule has 5 nitrogen and oxygen atoms in total. The van der Waals surface area contributed by atoms with Crippen LogP contribution in [-0.4, -0.2) is 50.6 Å². The number of hydrogen-bond acceptors (Lipinski definition) is 3. The first-order valence-electron chi connectivity index (χ1n) is 8.87. The van der Waals surface area contributed by atoms with E-state index >= 15 is 0 Å². The number of ether oxygens (including phenoxy) is 1. The molecule has 1 saturated carbocycles. The van der Waals surface area contributed by atoms with Crippen LogP contribution in [-0.2, 0) is 14.9 Å². The fourth-order valence-electron chi connectivity index (χ4n) is 3.61. The van der Waals surface area contributed by atoms with Crippen molar-refractivity contribution in [2.45, 2.75) is 31.1 Å². The van der Waals surface area contributed by atoms with Gasteiger partial charge in [-0.25, -0.2) is 4.39 Å². The number of guanidine groups is 1. The van der Waals surface area contributed by atoms with Crippen molar-refractivity contribution in [1.82, 2.24) is 10.2 Å². The van der Waals surface area contributed by atoms with Gasteiger partial charge in [-0.2, -0.15) is 0 Å². The summed E-state index contributed by atoms with van der Waals surface area (Å²) in [6, 6.07) is 6.90. The van der Waals surface area contributed by atoms with E-state index in [0.29, 0.717) is 0 Å². The van der Waals surface area contributed by atoms with Crippen molar-refractivity contribution in [3.05, 3.63) is 35.6 Å². The zero-order chi connectivity index (χ0) is 17.9. The van der Waals surface area contributed by atoms with Crippen LogP contribution in [0.4, 0.5) is 4.39 Å². The van der Waals surface area contributed by atoms with Gasteiger partial charge < -0.3 is 15.0 Å². The van der Waals surface area contributed by atoms with Gasteiger partial charge in [0.1, 0.15) is 5.82 Å². The molecule has 0 radical (unpaired) electrons. The van der Waals surface area contributed by atoms with Crippen LogP contribution in [0.2, 0.25) is 0 Å². The highest BCUT2D eigenvalue weighted by atomic mass is 127. The Morgan fingerprint density at radius 2 is 2.08 bits per heavy atom. The fourth-order valence-corrected chi connectivity index (χ4v) is 3.61. The van der Waals surface area contributed by atoms with E-state index in [-0.39, 0.29) is 47.1 Å². The molecule has 26 heavy (non-hydrogen) atoms. The van der Waals surface area contributed by atoms with Crippen molar-refractivity contribution in [2.75, 3.05) is 33.8 Å². The van der Waals surface area contributed by atoms with Gasteiger partial charge in [-0.05, 0) is 43.4 Å². The van der Waals surface area contributed by atoms with Gasteiger partial charge in [0.25, 0.3) is 0 Å². The maximum Gasteiger partial charge on any atom is 0.308 e. The second kappa shape index (κ2) is 9.01. The maximum atomic E-state index is 13.5. The van der Waals surface area contributed by atoms with E-state index in [1.165, 1.54) is 13.2 Å². The lowest BCUT2D eigenvalue weighted by Gasteiger charge is -2.33. The predicted octanol–water partition coefficient (Wildman–Crippen LogP) is 2.94. The largest absolute Gasteiger partial charge is 0.469 e. The van der Waals surface area contributed by atoms with Crippen molar-refractivity contribution >= 4 is 35.9 Å². The Hall–Kier alpha value is -1.38. The number of benzene rings is 1. The minimum atomic E-state index is -0.182. The number of carbonyl (C=O) groups is 1. The molecule has 1 aromatic rings. The molecule has 0 unspecified atom stereocenters. The quantitative estimate of drug-likeness (QED) is 0.315. The minimum Gasteiger partial charge on any atom is -0.469 e. The molecule has 1 aliphatic carbocycles. The Labute approximate surface area is 171 Å². The first kappa shape index (κ1) is 20.9. The molecule has 0 amide bonds. The van der Waals surface area contributed by atoms with E-state index in [2.05, 4.69) is 15.2 Å². The third kappa shape index (κ3) is 4.66. The zero-order valence-electron chi connectivity index (χ0n) is 15.3. The lowest BCUT2D eigenvalue weighted by molar-refractivity contribution is -0.146. The van der Waals surface area contributed by atoms with E-state index in [0.717, 1.165) is 56.8 Å². The summed E-state index contributed by atoms with van der Waals surface area (Å²) in [6.45, 7) is 2.32. The summed E-state index contributed by atoms with van der Waals surface area (Å²) < 4.78 is 18.4. The lowest BCUT2D eigenvalue weighted by atomic mass is 9.95. The molecule has 0 atom stereocenters.